The van der Waals surface area contributed by atoms with Crippen molar-refractivity contribution in [3.05, 3.63) is 10.4 Å². The van der Waals surface area contributed by atoms with E-state index >= 15 is 0 Å². The third-order valence-corrected chi connectivity index (χ3v) is 3.35. The Morgan fingerprint density at radius 3 is 2.61 bits per heavy atom. The fraction of sp³-hybridized carbons (Fsp3) is 0.818. The molecule has 3 unspecified atom stereocenters. The van der Waals surface area contributed by atoms with Crippen molar-refractivity contribution in [3.63, 3.8) is 0 Å². The molecule has 0 radical (unpaired) electrons. The summed E-state index contributed by atoms with van der Waals surface area (Å²) >= 11 is 0. The number of aliphatic hydroxyl groups is 4. The van der Waals surface area contributed by atoms with Crippen molar-refractivity contribution < 1.29 is 39.9 Å². The Bertz CT molecular complexity index is 510. The maximum Gasteiger partial charge on any atom is 0.364 e. The van der Waals surface area contributed by atoms with Crippen molar-refractivity contribution in [2.24, 2.45) is 5.11 Å². The van der Waals surface area contributed by atoms with Crippen molar-refractivity contribution in [1.29, 1.82) is 0 Å². The number of carboxylic acid groups (broad SMARTS) is 1. The summed E-state index contributed by atoms with van der Waals surface area (Å²) in [7, 11) is 0. The summed E-state index contributed by atoms with van der Waals surface area (Å²) in [4.78, 5) is 24.7. The highest BCUT2D eigenvalue weighted by Crippen LogP contribution is 2.30. The van der Waals surface area contributed by atoms with Crippen LogP contribution in [0.3, 0.4) is 0 Å². The van der Waals surface area contributed by atoms with Gasteiger partial charge < -0.3 is 35.6 Å². The van der Waals surface area contributed by atoms with Gasteiger partial charge in [-0.2, -0.15) is 0 Å². The van der Waals surface area contributed by atoms with E-state index in [1.165, 1.54) is 0 Å². The van der Waals surface area contributed by atoms with Crippen LogP contribution < -0.4 is 5.32 Å². The zero-order valence-corrected chi connectivity index (χ0v) is 12.1. The summed E-state index contributed by atoms with van der Waals surface area (Å²) in [6.45, 7) is 0.552. The Morgan fingerprint density at radius 2 is 2.13 bits per heavy atom. The second-order valence-electron chi connectivity index (χ2n) is 5.14. The van der Waals surface area contributed by atoms with Crippen LogP contribution in [0.1, 0.15) is 13.3 Å². The first-order chi connectivity index (χ1) is 10.6. The molecule has 0 aromatic heterocycles. The number of rotatable bonds is 6. The van der Waals surface area contributed by atoms with Crippen molar-refractivity contribution in [2.75, 3.05) is 6.54 Å². The van der Waals surface area contributed by atoms with E-state index in [-0.39, 0.29) is 0 Å². The van der Waals surface area contributed by atoms with Gasteiger partial charge in [0.25, 0.3) is 5.79 Å². The molecular weight excluding hydrogens is 316 g/mol. The van der Waals surface area contributed by atoms with E-state index in [4.69, 9.17) is 15.4 Å². The van der Waals surface area contributed by atoms with Gasteiger partial charge in [0.1, 0.15) is 12.2 Å². The maximum atomic E-state index is 11.2. The fourth-order valence-corrected chi connectivity index (χ4v) is 2.26. The molecule has 1 rings (SSSR count). The summed E-state index contributed by atoms with van der Waals surface area (Å²) in [6.07, 6.45) is -7.51. The summed E-state index contributed by atoms with van der Waals surface area (Å²) < 4.78 is 4.92. The number of amides is 1. The van der Waals surface area contributed by atoms with Crippen molar-refractivity contribution >= 4 is 11.9 Å². The summed E-state index contributed by atoms with van der Waals surface area (Å²) in [6, 6.07) is -1.29. The molecule has 1 saturated heterocycles. The van der Waals surface area contributed by atoms with Crippen LogP contribution in [0.4, 0.5) is 0 Å². The minimum atomic E-state index is -2.81. The normalized spacial score (nSPS) is 33.2. The molecule has 1 amide bonds. The van der Waals surface area contributed by atoms with Gasteiger partial charge in [0, 0.05) is 18.3 Å². The molecule has 0 spiro atoms. The predicted octanol–water partition coefficient (Wildman–Crippen LogP) is -2.55. The fourth-order valence-electron chi connectivity index (χ4n) is 2.26. The van der Waals surface area contributed by atoms with Crippen LogP contribution in [0, 0.1) is 0 Å². The molecule has 0 aromatic rings. The van der Waals surface area contributed by atoms with Crippen LogP contribution in [0.25, 0.3) is 10.4 Å². The number of carbonyl (C=O) groups excluding carboxylic acids is 1. The Morgan fingerprint density at radius 1 is 1.52 bits per heavy atom. The Labute approximate surface area is 129 Å². The molecule has 0 aliphatic carbocycles. The Balaban J connectivity index is 3.08. The summed E-state index contributed by atoms with van der Waals surface area (Å²) in [5, 5.41) is 53.9. The lowest BCUT2D eigenvalue weighted by Crippen LogP contribution is -2.67. The summed E-state index contributed by atoms with van der Waals surface area (Å²) in [5.41, 5.74) is 8.20. The molecule has 130 valence electrons. The number of aliphatic carboxylic acids is 1. The van der Waals surface area contributed by atoms with Gasteiger partial charge in [0.2, 0.25) is 5.91 Å². The first-order valence-corrected chi connectivity index (χ1v) is 6.58. The minimum Gasteiger partial charge on any atom is -0.477 e. The van der Waals surface area contributed by atoms with E-state index in [1.54, 1.807) is 0 Å². The highest BCUT2D eigenvalue weighted by Gasteiger charge is 2.53. The monoisotopic (exact) mass is 334 g/mol. The number of hydrogen-bond acceptors (Lipinski definition) is 8. The van der Waals surface area contributed by atoms with E-state index in [9.17, 15) is 30.0 Å². The van der Waals surface area contributed by atoms with Crippen molar-refractivity contribution in [3.8, 4) is 0 Å². The summed E-state index contributed by atoms with van der Waals surface area (Å²) in [5.74, 6) is -5.22. The van der Waals surface area contributed by atoms with Gasteiger partial charge in [-0.1, -0.05) is 5.11 Å². The Kier molecular flexibility index (Phi) is 6.27. The van der Waals surface area contributed by atoms with E-state index in [0.717, 1.165) is 6.92 Å². The zero-order chi connectivity index (χ0) is 17.8. The number of nitrogens with one attached hydrogen (secondary N) is 1. The average molecular weight is 334 g/mol. The van der Waals surface area contributed by atoms with Gasteiger partial charge in [-0.15, -0.1) is 0 Å². The highest BCUT2D eigenvalue weighted by atomic mass is 16.7. The third-order valence-electron chi connectivity index (χ3n) is 3.35. The van der Waals surface area contributed by atoms with Crippen LogP contribution in [0.2, 0.25) is 0 Å². The number of hydrogen-bond donors (Lipinski definition) is 6. The first-order valence-electron chi connectivity index (χ1n) is 6.58. The van der Waals surface area contributed by atoms with Gasteiger partial charge in [0.15, 0.2) is 0 Å². The van der Waals surface area contributed by atoms with Gasteiger partial charge >= 0.3 is 5.97 Å². The molecule has 6 atom stereocenters. The standard InChI is InChI=1S/C11H18N4O8/c1-4(16)14-7-5(17)2-11(22,10(20)21)23-9(7)8(19)6(18)3-13-15-12/h5-9,17-19,22H,2-3H2,1H3,(H,14,16)(H,20,21)/t5-,6?,7-,8?,9?,11-/m1/s1. The van der Waals surface area contributed by atoms with E-state index in [0.29, 0.717) is 0 Å². The van der Waals surface area contributed by atoms with Gasteiger partial charge in [-0.05, 0) is 5.53 Å². The molecule has 0 saturated carbocycles. The quantitative estimate of drug-likeness (QED) is 0.173. The SMILES string of the molecule is CC(=O)N[C@H]1C(C(O)C(O)CN=[N+]=[N-])O[C@@](O)(C(=O)O)C[C@H]1O. The Hall–Kier alpha value is -1.95. The lowest BCUT2D eigenvalue weighted by Gasteiger charge is -2.44. The molecule has 1 aliphatic heterocycles. The highest BCUT2D eigenvalue weighted by molar-refractivity contribution is 5.76. The number of carbonyl (C=O) groups is 2. The van der Waals surface area contributed by atoms with Crippen LogP contribution in [0.5, 0.6) is 0 Å². The molecule has 0 bridgehead atoms. The van der Waals surface area contributed by atoms with Gasteiger partial charge in [-0.25, -0.2) is 4.79 Å². The van der Waals surface area contributed by atoms with Gasteiger partial charge in [0.05, 0.1) is 24.8 Å². The molecule has 1 fully saturated rings. The molecule has 1 heterocycles. The molecule has 12 nitrogen and oxygen atoms in total. The van der Waals surface area contributed by atoms with E-state index in [1.807, 2.05) is 0 Å². The molecule has 6 N–H and O–H groups in total. The van der Waals surface area contributed by atoms with Crippen LogP contribution >= 0.6 is 0 Å². The van der Waals surface area contributed by atoms with E-state index < -0.39 is 61.1 Å². The number of aliphatic hydroxyl groups excluding tert-OH is 3. The van der Waals surface area contributed by atoms with Crippen molar-refractivity contribution in [2.45, 2.75) is 49.6 Å². The van der Waals surface area contributed by atoms with Crippen LogP contribution in [-0.2, 0) is 14.3 Å². The predicted molar refractivity (Wildman–Crippen MR) is 71.7 cm³/mol. The number of nitrogens with zero attached hydrogens (tertiary/aromatic N) is 3. The second-order valence-corrected chi connectivity index (χ2v) is 5.14. The molecule has 23 heavy (non-hydrogen) atoms. The van der Waals surface area contributed by atoms with Crippen LogP contribution in [0.15, 0.2) is 5.11 Å². The molecule has 1 aliphatic rings. The third kappa shape index (κ3) is 4.51. The maximum absolute atomic E-state index is 11.2. The zero-order valence-electron chi connectivity index (χ0n) is 12.1. The number of ether oxygens (including phenoxy) is 1. The van der Waals surface area contributed by atoms with E-state index in [2.05, 4.69) is 15.3 Å². The smallest absolute Gasteiger partial charge is 0.364 e. The van der Waals surface area contributed by atoms with Crippen LogP contribution in [-0.4, -0.2) is 80.2 Å². The second kappa shape index (κ2) is 7.55. The van der Waals surface area contributed by atoms with Crippen molar-refractivity contribution in [1.82, 2.24) is 5.32 Å². The molecular formula is C11H18N4O8. The average Bonchev–Trinajstić information content (AvgIpc) is 2.46. The lowest BCUT2D eigenvalue weighted by molar-refractivity contribution is -0.294. The number of carboxylic acids is 1. The van der Waals surface area contributed by atoms with Gasteiger partial charge in [-0.3, -0.25) is 4.79 Å². The first kappa shape index (κ1) is 19.1. The topological polar surface area (TPSA) is 205 Å². The lowest BCUT2D eigenvalue weighted by atomic mass is 9.88. The minimum absolute atomic E-state index is 0.564. The molecule has 0 aromatic carbocycles. The molecule has 12 heteroatoms. The largest absolute Gasteiger partial charge is 0.477 e. The number of azide groups is 1.